The molecule has 1 spiro atoms. The van der Waals surface area contributed by atoms with Crippen molar-refractivity contribution in [1.82, 2.24) is 15.1 Å². The summed E-state index contributed by atoms with van der Waals surface area (Å²) in [5, 5.41) is 6.24. The minimum absolute atomic E-state index is 0.129. The van der Waals surface area contributed by atoms with Crippen molar-refractivity contribution in [2.24, 2.45) is 11.8 Å². The van der Waals surface area contributed by atoms with E-state index in [1.165, 1.54) is 12.8 Å². The smallest absolute Gasteiger partial charge is 0.246 e. The zero-order valence-corrected chi connectivity index (χ0v) is 23.3. The first-order valence-corrected chi connectivity index (χ1v) is 15.0. The van der Waals surface area contributed by atoms with E-state index in [0.29, 0.717) is 12.2 Å². The second kappa shape index (κ2) is 10.7. The summed E-state index contributed by atoms with van der Waals surface area (Å²) in [7, 11) is 0. The second-order valence-electron chi connectivity index (χ2n) is 11.5. The van der Waals surface area contributed by atoms with Crippen LogP contribution in [0.1, 0.15) is 51.4 Å². The molecule has 5 aliphatic rings. The Morgan fingerprint density at radius 3 is 2.42 bits per heavy atom. The summed E-state index contributed by atoms with van der Waals surface area (Å²) in [6, 6.07) is 6.74. The van der Waals surface area contributed by atoms with Gasteiger partial charge in [0.1, 0.15) is 11.6 Å². The summed E-state index contributed by atoms with van der Waals surface area (Å²) in [6.07, 6.45) is 12.2. The minimum atomic E-state index is -1.11. The summed E-state index contributed by atoms with van der Waals surface area (Å²) in [4.78, 5) is 45.7. The number of rotatable bonds is 7. The van der Waals surface area contributed by atoms with Crippen LogP contribution in [0.4, 0.5) is 5.69 Å². The fourth-order valence-electron chi connectivity index (χ4n) is 7.23. The molecule has 204 valence electrons. The van der Waals surface area contributed by atoms with Crippen LogP contribution in [0.5, 0.6) is 0 Å². The van der Waals surface area contributed by atoms with Gasteiger partial charge in [-0.2, -0.15) is 0 Å². The van der Waals surface area contributed by atoms with Gasteiger partial charge in [0.2, 0.25) is 17.7 Å². The van der Waals surface area contributed by atoms with Crippen molar-refractivity contribution in [3.8, 4) is 0 Å². The van der Waals surface area contributed by atoms with Gasteiger partial charge in [0.15, 0.2) is 0 Å². The van der Waals surface area contributed by atoms with E-state index < -0.39 is 29.6 Å². The summed E-state index contributed by atoms with van der Waals surface area (Å²) in [5.74, 6) is -1.93. The lowest BCUT2D eigenvalue weighted by atomic mass is 9.74. The van der Waals surface area contributed by atoms with Gasteiger partial charge < -0.3 is 25.2 Å². The summed E-state index contributed by atoms with van der Waals surface area (Å²) < 4.78 is 7.39. The number of carbonyl (C=O) groups is 3. The van der Waals surface area contributed by atoms with Crippen LogP contribution < -0.4 is 10.6 Å². The van der Waals surface area contributed by atoms with Crippen molar-refractivity contribution in [3.05, 3.63) is 40.9 Å². The second-order valence-corrected chi connectivity index (χ2v) is 12.4. The van der Waals surface area contributed by atoms with Crippen LogP contribution in [0.2, 0.25) is 0 Å². The van der Waals surface area contributed by atoms with E-state index in [2.05, 4.69) is 31.5 Å². The third-order valence-corrected chi connectivity index (χ3v) is 9.62. The monoisotopic (exact) mass is 584 g/mol. The van der Waals surface area contributed by atoms with Crippen LogP contribution in [0.3, 0.4) is 0 Å². The number of hydrogen-bond acceptors (Lipinski definition) is 5. The molecule has 2 N–H and O–H groups in total. The molecular weight excluding hydrogens is 548 g/mol. The molecule has 9 heteroatoms. The molecule has 2 bridgehead atoms. The predicted molar refractivity (Wildman–Crippen MR) is 147 cm³/mol. The van der Waals surface area contributed by atoms with Gasteiger partial charge in [-0.15, -0.1) is 0 Å². The lowest BCUT2D eigenvalue weighted by molar-refractivity contribution is -0.141. The number of anilines is 1. The number of hydrogen-bond donors (Lipinski definition) is 2. The highest BCUT2D eigenvalue weighted by atomic mass is 79.9. The minimum Gasteiger partial charge on any atom is -0.359 e. The topological polar surface area (TPSA) is 91.0 Å². The Bertz CT molecular complexity index is 1100. The third-order valence-electron chi connectivity index (χ3n) is 9.09. The Balaban J connectivity index is 1.26. The summed E-state index contributed by atoms with van der Waals surface area (Å²) in [6.45, 7) is 3.23. The zero-order chi connectivity index (χ0) is 26.3. The Kier molecular flexibility index (Phi) is 7.35. The van der Waals surface area contributed by atoms with Gasteiger partial charge in [0, 0.05) is 29.3 Å². The van der Waals surface area contributed by atoms with Gasteiger partial charge in [-0.05, 0) is 63.0 Å². The number of ether oxygens (including phenoxy) is 1. The molecule has 0 unspecified atom stereocenters. The molecular formula is C29H37BrN4O4. The Hall–Kier alpha value is -2.23. The van der Waals surface area contributed by atoms with Crippen LogP contribution in [-0.2, 0) is 19.1 Å². The maximum Gasteiger partial charge on any atom is 0.246 e. The van der Waals surface area contributed by atoms with Gasteiger partial charge in [0.05, 0.1) is 17.9 Å². The Morgan fingerprint density at radius 1 is 0.974 bits per heavy atom. The number of amides is 3. The number of nitrogens with zero attached hydrogens (tertiary/aromatic N) is 2. The molecule has 1 aromatic carbocycles. The quantitative estimate of drug-likeness (QED) is 0.479. The molecule has 0 aromatic heterocycles. The van der Waals surface area contributed by atoms with Crippen LogP contribution in [0, 0.1) is 11.8 Å². The van der Waals surface area contributed by atoms with Gasteiger partial charge in [0.25, 0.3) is 0 Å². The molecule has 4 heterocycles. The van der Waals surface area contributed by atoms with Crippen molar-refractivity contribution in [2.45, 2.75) is 75.2 Å². The van der Waals surface area contributed by atoms with Gasteiger partial charge >= 0.3 is 0 Å². The van der Waals surface area contributed by atoms with Gasteiger partial charge in [-0.3, -0.25) is 14.4 Å². The number of fused-ring (bicyclic) bond motifs is 1. The number of nitrogens with one attached hydrogen (secondary N) is 2. The molecule has 4 aliphatic heterocycles. The van der Waals surface area contributed by atoms with E-state index >= 15 is 0 Å². The fraction of sp³-hybridized carbons (Fsp3) is 0.621. The highest BCUT2D eigenvalue weighted by molar-refractivity contribution is 9.10. The molecule has 8 nitrogen and oxygen atoms in total. The van der Waals surface area contributed by atoms with Crippen molar-refractivity contribution in [2.75, 3.05) is 31.5 Å². The number of benzene rings is 1. The van der Waals surface area contributed by atoms with Crippen molar-refractivity contribution in [1.29, 1.82) is 0 Å². The molecule has 5 atom stereocenters. The van der Waals surface area contributed by atoms with Gasteiger partial charge in [-0.25, -0.2) is 0 Å². The molecule has 3 saturated heterocycles. The first-order valence-electron chi connectivity index (χ1n) is 14.2. The SMILES string of the molecule is O=C(Nc1ccc(Br)cc1)[C@@H]1[C@@H]2C=C[C@]3(O2)[C@@H]1C(=O)N(CCN1CCCCC1)[C@@H]3C(=O)NC1CCCCC1. The Labute approximate surface area is 232 Å². The van der Waals surface area contributed by atoms with Crippen LogP contribution >= 0.6 is 15.9 Å². The van der Waals surface area contributed by atoms with E-state index in [9.17, 15) is 14.4 Å². The molecule has 4 fully saturated rings. The first kappa shape index (κ1) is 26.0. The predicted octanol–water partition coefficient (Wildman–Crippen LogP) is 3.47. The summed E-state index contributed by atoms with van der Waals surface area (Å²) in [5.41, 5.74) is -0.442. The molecule has 3 amide bonds. The highest BCUT2D eigenvalue weighted by Crippen LogP contribution is 2.55. The van der Waals surface area contributed by atoms with Gasteiger partial charge in [-0.1, -0.05) is 53.8 Å². The molecule has 6 rings (SSSR count). The van der Waals surface area contributed by atoms with E-state index in [-0.39, 0.29) is 23.8 Å². The van der Waals surface area contributed by atoms with E-state index in [4.69, 9.17) is 4.74 Å². The molecule has 1 saturated carbocycles. The standard InChI is InChI=1S/C29H37BrN4O4/c30-19-9-11-21(12-10-19)31-26(35)23-22-13-14-29(38-22)24(23)28(37)34(18-17-33-15-5-2-6-16-33)25(29)27(36)32-20-7-3-1-4-8-20/h9-14,20,22-25H,1-8,15-18H2,(H,31,35)(H,32,36)/t22-,23+,24-,25+,29-/m0/s1. The lowest BCUT2D eigenvalue weighted by Crippen LogP contribution is -2.57. The average molecular weight is 586 g/mol. The zero-order valence-electron chi connectivity index (χ0n) is 21.7. The summed E-state index contributed by atoms with van der Waals surface area (Å²) >= 11 is 3.42. The number of carbonyl (C=O) groups excluding carboxylic acids is 3. The highest BCUT2D eigenvalue weighted by Gasteiger charge is 2.72. The van der Waals surface area contributed by atoms with Crippen LogP contribution in [-0.4, -0.2) is 77.5 Å². The fourth-order valence-corrected chi connectivity index (χ4v) is 7.49. The van der Waals surface area contributed by atoms with E-state index in [1.807, 2.05) is 36.4 Å². The van der Waals surface area contributed by atoms with E-state index in [1.54, 1.807) is 4.90 Å². The molecule has 38 heavy (non-hydrogen) atoms. The molecule has 0 radical (unpaired) electrons. The lowest BCUT2D eigenvalue weighted by Gasteiger charge is -2.35. The van der Waals surface area contributed by atoms with Crippen LogP contribution in [0.15, 0.2) is 40.9 Å². The Morgan fingerprint density at radius 2 is 1.68 bits per heavy atom. The largest absolute Gasteiger partial charge is 0.359 e. The van der Waals surface area contributed by atoms with Crippen molar-refractivity contribution in [3.63, 3.8) is 0 Å². The van der Waals surface area contributed by atoms with Crippen molar-refractivity contribution < 1.29 is 19.1 Å². The maximum absolute atomic E-state index is 14.1. The molecule has 1 aliphatic carbocycles. The molecule has 1 aromatic rings. The van der Waals surface area contributed by atoms with Crippen molar-refractivity contribution >= 4 is 39.3 Å². The number of likely N-dealkylation sites (tertiary alicyclic amines) is 2. The van der Waals surface area contributed by atoms with E-state index in [0.717, 1.165) is 62.6 Å². The number of halogens is 1. The third kappa shape index (κ3) is 4.71. The number of piperidine rings is 1. The average Bonchev–Trinajstić information content (AvgIpc) is 3.57. The first-order chi connectivity index (χ1) is 18.5. The van der Waals surface area contributed by atoms with Crippen LogP contribution in [0.25, 0.3) is 0 Å². The maximum atomic E-state index is 14.1. The normalized spacial score (nSPS) is 33.0.